The highest BCUT2D eigenvalue weighted by atomic mass is 16.6. The molecule has 0 saturated carbocycles. The van der Waals surface area contributed by atoms with Crippen LogP contribution in [0.25, 0.3) is 0 Å². The van der Waals surface area contributed by atoms with Crippen molar-refractivity contribution >= 4 is 6.09 Å². The second-order valence-electron chi connectivity index (χ2n) is 9.58. The molecule has 1 amide bonds. The quantitative estimate of drug-likeness (QED) is 0.704. The van der Waals surface area contributed by atoms with Gasteiger partial charge in [-0.2, -0.15) is 0 Å². The predicted molar refractivity (Wildman–Crippen MR) is 107 cm³/mol. The Morgan fingerprint density at radius 3 is 2.08 bits per heavy atom. The third-order valence-electron chi connectivity index (χ3n) is 3.73. The molecule has 4 nitrogen and oxygen atoms in total. The van der Waals surface area contributed by atoms with Gasteiger partial charge in [-0.05, 0) is 43.2 Å². The Kier molecular flexibility index (Phi) is 6.41. The molecular formula is C22H33NO3. The van der Waals surface area contributed by atoms with Gasteiger partial charge in [-0.25, -0.2) is 4.79 Å². The highest BCUT2D eigenvalue weighted by Gasteiger charge is 2.24. The van der Waals surface area contributed by atoms with Crippen molar-refractivity contribution in [1.82, 2.24) is 5.32 Å². The summed E-state index contributed by atoms with van der Waals surface area (Å²) in [6, 6.07) is 3.98. The number of rotatable bonds is 1. The molecule has 0 fully saturated rings. The van der Waals surface area contributed by atoms with Crippen molar-refractivity contribution in [2.75, 3.05) is 6.54 Å². The zero-order chi connectivity index (χ0) is 20.3. The van der Waals surface area contributed by atoms with Crippen LogP contribution in [0, 0.1) is 11.8 Å². The minimum absolute atomic E-state index is 0.0567. The number of carbonyl (C=O) groups is 1. The van der Waals surface area contributed by atoms with Crippen LogP contribution in [0.15, 0.2) is 12.1 Å². The number of aromatic hydroxyl groups is 1. The second-order valence-corrected chi connectivity index (χ2v) is 9.58. The topological polar surface area (TPSA) is 58.6 Å². The maximum absolute atomic E-state index is 11.7. The van der Waals surface area contributed by atoms with Crippen LogP contribution < -0.4 is 5.32 Å². The summed E-state index contributed by atoms with van der Waals surface area (Å²) in [5, 5.41) is 13.3. The Hall–Kier alpha value is -2.15. The van der Waals surface area contributed by atoms with Crippen molar-refractivity contribution in [3.8, 4) is 17.6 Å². The Morgan fingerprint density at radius 2 is 1.62 bits per heavy atom. The minimum atomic E-state index is -0.543. The first-order valence-electron chi connectivity index (χ1n) is 8.95. The zero-order valence-corrected chi connectivity index (χ0v) is 17.6. The molecule has 0 radical (unpaired) electrons. The van der Waals surface area contributed by atoms with E-state index >= 15 is 0 Å². The average Bonchev–Trinajstić information content (AvgIpc) is 2.40. The van der Waals surface area contributed by atoms with Gasteiger partial charge < -0.3 is 15.2 Å². The van der Waals surface area contributed by atoms with Gasteiger partial charge in [-0.3, -0.25) is 0 Å². The highest BCUT2D eigenvalue weighted by Crippen LogP contribution is 2.37. The number of phenolic OH excluding ortho intramolecular Hbond substituents is 1. The lowest BCUT2D eigenvalue weighted by molar-refractivity contribution is 0.0535. The van der Waals surface area contributed by atoms with E-state index in [4.69, 9.17) is 4.74 Å². The normalized spacial score (nSPS) is 12.2. The fourth-order valence-electron chi connectivity index (χ4n) is 2.30. The first-order valence-corrected chi connectivity index (χ1v) is 8.95. The van der Waals surface area contributed by atoms with E-state index in [1.165, 1.54) is 0 Å². The van der Waals surface area contributed by atoms with Crippen LogP contribution >= 0.6 is 0 Å². The number of hydrogen-bond acceptors (Lipinski definition) is 3. The molecule has 0 saturated heterocycles. The Bertz CT molecular complexity index is 717. The lowest BCUT2D eigenvalue weighted by Crippen LogP contribution is -2.32. The van der Waals surface area contributed by atoms with E-state index in [0.717, 1.165) is 11.1 Å². The summed E-state index contributed by atoms with van der Waals surface area (Å²) in [5.41, 5.74) is 1.76. The standard InChI is InChI=1S/C22H33NO3/c1-20(2,3)16-13-15(18(24)17(14-16)21(4,5)6)11-10-12-23-19(25)26-22(7,8)9/h13-14,24H,12H2,1-9H3,(H,23,25). The molecule has 26 heavy (non-hydrogen) atoms. The Balaban J connectivity index is 3.09. The van der Waals surface area contributed by atoms with Crippen LogP contribution in [-0.4, -0.2) is 23.3 Å². The van der Waals surface area contributed by atoms with Crippen LogP contribution in [0.5, 0.6) is 5.75 Å². The van der Waals surface area contributed by atoms with E-state index in [0.29, 0.717) is 5.56 Å². The molecule has 0 aromatic heterocycles. The van der Waals surface area contributed by atoms with Gasteiger partial charge in [0, 0.05) is 5.56 Å². The lowest BCUT2D eigenvalue weighted by Gasteiger charge is -2.26. The number of alkyl carbamates (subject to hydrolysis) is 1. The molecule has 1 aromatic rings. The maximum atomic E-state index is 11.7. The van der Waals surface area contributed by atoms with Gasteiger partial charge in [0.2, 0.25) is 0 Å². The van der Waals surface area contributed by atoms with Crippen molar-refractivity contribution in [1.29, 1.82) is 0 Å². The number of amides is 1. The van der Waals surface area contributed by atoms with Gasteiger partial charge in [-0.15, -0.1) is 0 Å². The molecular weight excluding hydrogens is 326 g/mol. The third kappa shape index (κ3) is 6.63. The summed E-state index contributed by atoms with van der Waals surface area (Å²) in [4.78, 5) is 11.7. The maximum Gasteiger partial charge on any atom is 0.408 e. The monoisotopic (exact) mass is 359 g/mol. The van der Waals surface area contributed by atoms with Crippen molar-refractivity contribution in [2.24, 2.45) is 0 Å². The number of benzene rings is 1. The number of nitrogens with one attached hydrogen (secondary N) is 1. The van der Waals surface area contributed by atoms with Gasteiger partial charge in [0.25, 0.3) is 0 Å². The largest absolute Gasteiger partial charge is 0.506 e. The van der Waals surface area contributed by atoms with Crippen molar-refractivity contribution in [3.05, 3.63) is 28.8 Å². The van der Waals surface area contributed by atoms with Crippen LogP contribution in [0.3, 0.4) is 0 Å². The van der Waals surface area contributed by atoms with Crippen LogP contribution in [0.4, 0.5) is 4.79 Å². The van der Waals surface area contributed by atoms with Gasteiger partial charge in [0.05, 0.1) is 12.1 Å². The first-order chi connectivity index (χ1) is 11.6. The summed E-state index contributed by atoms with van der Waals surface area (Å²) in [6.07, 6.45) is -0.505. The van der Waals surface area contributed by atoms with Crippen molar-refractivity contribution in [3.63, 3.8) is 0 Å². The van der Waals surface area contributed by atoms with Gasteiger partial charge in [0.1, 0.15) is 11.4 Å². The molecule has 0 aliphatic rings. The zero-order valence-electron chi connectivity index (χ0n) is 17.6. The van der Waals surface area contributed by atoms with E-state index in [9.17, 15) is 9.90 Å². The minimum Gasteiger partial charge on any atom is -0.506 e. The molecule has 2 N–H and O–H groups in total. The van der Waals surface area contributed by atoms with Crippen LogP contribution in [0.1, 0.15) is 79.0 Å². The molecule has 0 heterocycles. The molecule has 1 aromatic carbocycles. The number of carbonyl (C=O) groups excluding carboxylic acids is 1. The summed E-state index contributed by atoms with van der Waals surface area (Å²) < 4.78 is 5.17. The SMILES string of the molecule is CC(C)(C)OC(=O)NCC#Cc1cc(C(C)(C)C)cc(C(C)(C)C)c1O. The number of hydrogen-bond donors (Lipinski definition) is 2. The number of phenols is 1. The highest BCUT2D eigenvalue weighted by molar-refractivity contribution is 5.68. The Morgan fingerprint density at radius 1 is 1.04 bits per heavy atom. The summed E-state index contributed by atoms with van der Waals surface area (Å²) >= 11 is 0. The molecule has 1 rings (SSSR count). The van der Waals surface area contributed by atoms with Gasteiger partial charge in [-0.1, -0.05) is 59.4 Å². The van der Waals surface area contributed by atoms with E-state index in [1.54, 1.807) is 0 Å². The van der Waals surface area contributed by atoms with Gasteiger partial charge >= 0.3 is 6.09 Å². The fourth-order valence-corrected chi connectivity index (χ4v) is 2.30. The molecule has 0 atom stereocenters. The Labute approximate surface area is 158 Å². The average molecular weight is 360 g/mol. The van der Waals surface area contributed by atoms with Crippen LogP contribution in [0.2, 0.25) is 0 Å². The smallest absolute Gasteiger partial charge is 0.408 e. The first kappa shape index (κ1) is 21.9. The van der Waals surface area contributed by atoms with E-state index in [-0.39, 0.29) is 23.1 Å². The summed E-state index contributed by atoms with van der Waals surface area (Å²) in [6.45, 7) is 18.2. The molecule has 144 valence electrons. The van der Waals surface area contributed by atoms with Gasteiger partial charge in [0.15, 0.2) is 0 Å². The van der Waals surface area contributed by atoms with Crippen molar-refractivity contribution < 1.29 is 14.6 Å². The molecule has 0 aliphatic carbocycles. The molecule has 0 unspecified atom stereocenters. The number of ether oxygens (including phenoxy) is 1. The molecule has 0 aliphatic heterocycles. The van der Waals surface area contributed by atoms with Crippen molar-refractivity contribution in [2.45, 2.75) is 78.7 Å². The van der Waals surface area contributed by atoms with E-state index in [2.05, 4.69) is 64.8 Å². The van der Waals surface area contributed by atoms with E-state index < -0.39 is 11.7 Å². The summed E-state index contributed by atoms with van der Waals surface area (Å²) in [7, 11) is 0. The molecule has 0 spiro atoms. The third-order valence-corrected chi connectivity index (χ3v) is 3.73. The predicted octanol–water partition coefficient (Wildman–Crippen LogP) is 4.86. The summed E-state index contributed by atoms with van der Waals surface area (Å²) in [5.74, 6) is 6.08. The second kappa shape index (κ2) is 7.61. The molecule has 0 bridgehead atoms. The lowest BCUT2D eigenvalue weighted by atomic mass is 9.79. The fraction of sp³-hybridized carbons (Fsp3) is 0.591. The van der Waals surface area contributed by atoms with Crippen LogP contribution in [-0.2, 0) is 15.6 Å². The van der Waals surface area contributed by atoms with E-state index in [1.807, 2.05) is 26.8 Å². The molecule has 4 heteroatoms.